The van der Waals surface area contributed by atoms with Crippen LogP contribution in [0.5, 0.6) is 0 Å². The van der Waals surface area contributed by atoms with Crippen LogP contribution in [0, 0.1) is 5.41 Å². The summed E-state index contributed by atoms with van der Waals surface area (Å²) in [4.78, 5) is 11.3. The van der Waals surface area contributed by atoms with E-state index < -0.39 is 5.54 Å². The Bertz CT molecular complexity index is 201. The Kier molecular flexibility index (Phi) is 2.66. The number of likely N-dealkylation sites (N-methyl/N-ethyl adjacent to an activating group) is 1. The van der Waals surface area contributed by atoms with Crippen molar-refractivity contribution in [3.8, 4) is 0 Å². The minimum absolute atomic E-state index is 0.203. The average molecular weight is 184 g/mol. The highest BCUT2D eigenvalue weighted by atomic mass is 16.1. The zero-order valence-electron chi connectivity index (χ0n) is 8.81. The van der Waals surface area contributed by atoms with Gasteiger partial charge in [-0.3, -0.25) is 4.79 Å². The highest BCUT2D eigenvalue weighted by Crippen LogP contribution is 2.39. The molecule has 0 unspecified atom stereocenters. The second kappa shape index (κ2) is 3.29. The fourth-order valence-corrected chi connectivity index (χ4v) is 1.97. The molecule has 1 rings (SSSR count). The van der Waals surface area contributed by atoms with Crippen molar-refractivity contribution in [3.05, 3.63) is 0 Å². The topological polar surface area (TPSA) is 55.1 Å². The zero-order valence-corrected chi connectivity index (χ0v) is 8.81. The van der Waals surface area contributed by atoms with Crippen molar-refractivity contribution in [2.24, 2.45) is 11.1 Å². The molecule has 1 saturated carbocycles. The van der Waals surface area contributed by atoms with Crippen LogP contribution in [0.1, 0.15) is 39.5 Å². The van der Waals surface area contributed by atoms with Crippen molar-refractivity contribution >= 4 is 5.91 Å². The van der Waals surface area contributed by atoms with E-state index in [0.29, 0.717) is 5.41 Å². The lowest BCUT2D eigenvalue weighted by Crippen LogP contribution is -2.56. The van der Waals surface area contributed by atoms with Gasteiger partial charge in [0.1, 0.15) is 0 Å². The first-order valence-corrected chi connectivity index (χ1v) is 4.91. The van der Waals surface area contributed by atoms with Gasteiger partial charge in [-0.1, -0.05) is 13.8 Å². The van der Waals surface area contributed by atoms with Gasteiger partial charge in [0, 0.05) is 0 Å². The van der Waals surface area contributed by atoms with Gasteiger partial charge in [0.15, 0.2) is 0 Å². The van der Waals surface area contributed by atoms with E-state index in [2.05, 4.69) is 19.2 Å². The van der Waals surface area contributed by atoms with E-state index in [1.54, 1.807) is 0 Å². The SMILES string of the molecule is CNC1(C(N)=O)CCC(C)(C)CC1. The van der Waals surface area contributed by atoms with Gasteiger partial charge >= 0.3 is 0 Å². The molecular formula is C10H20N2O. The minimum atomic E-state index is -0.435. The highest BCUT2D eigenvalue weighted by molar-refractivity contribution is 5.84. The fraction of sp³-hybridized carbons (Fsp3) is 0.900. The molecule has 0 aromatic carbocycles. The van der Waals surface area contributed by atoms with Crippen LogP contribution in [-0.4, -0.2) is 18.5 Å². The first kappa shape index (κ1) is 10.5. The number of hydrogen-bond acceptors (Lipinski definition) is 2. The van der Waals surface area contributed by atoms with Crippen molar-refractivity contribution < 1.29 is 4.79 Å². The number of primary amides is 1. The Hall–Kier alpha value is -0.570. The first-order chi connectivity index (χ1) is 5.92. The van der Waals surface area contributed by atoms with Crippen LogP contribution in [0.25, 0.3) is 0 Å². The molecule has 0 heterocycles. The predicted octanol–water partition coefficient (Wildman–Crippen LogP) is 1.03. The van der Waals surface area contributed by atoms with E-state index in [-0.39, 0.29) is 5.91 Å². The summed E-state index contributed by atoms with van der Waals surface area (Å²) in [6, 6.07) is 0. The molecule has 0 saturated heterocycles. The molecule has 3 nitrogen and oxygen atoms in total. The zero-order chi connectivity index (χ0) is 10.1. The van der Waals surface area contributed by atoms with Crippen LogP contribution in [0.3, 0.4) is 0 Å². The van der Waals surface area contributed by atoms with Crippen LogP contribution >= 0.6 is 0 Å². The van der Waals surface area contributed by atoms with E-state index in [9.17, 15) is 4.79 Å². The summed E-state index contributed by atoms with van der Waals surface area (Å²) in [5, 5.41) is 3.08. The first-order valence-electron chi connectivity index (χ1n) is 4.91. The van der Waals surface area contributed by atoms with Gasteiger partial charge in [-0.25, -0.2) is 0 Å². The molecule has 3 N–H and O–H groups in total. The number of carbonyl (C=O) groups excluding carboxylic acids is 1. The molecule has 1 fully saturated rings. The van der Waals surface area contributed by atoms with Crippen LogP contribution in [0.15, 0.2) is 0 Å². The summed E-state index contributed by atoms with van der Waals surface area (Å²) in [6.07, 6.45) is 3.87. The Morgan fingerprint density at radius 2 is 1.69 bits per heavy atom. The monoisotopic (exact) mass is 184 g/mol. The van der Waals surface area contributed by atoms with Crippen molar-refractivity contribution in [2.75, 3.05) is 7.05 Å². The fourth-order valence-electron chi connectivity index (χ4n) is 1.97. The van der Waals surface area contributed by atoms with E-state index in [1.165, 1.54) is 0 Å². The number of nitrogens with two attached hydrogens (primary N) is 1. The maximum atomic E-state index is 11.3. The Balaban J connectivity index is 2.69. The molecule has 1 aliphatic carbocycles. The molecule has 1 aliphatic rings. The van der Waals surface area contributed by atoms with Crippen molar-refractivity contribution in [1.29, 1.82) is 0 Å². The standard InChI is InChI=1S/C10H20N2O/c1-9(2)4-6-10(12-3,7-5-9)8(11)13/h12H,4-7H2,1-3H3,(H2,11,13). The number of amides is 1. The summed E-state index contributed by atoms with van der Waals surface area (Å²) in [6.45, 7) is 4.49. The quantitative estimate of drug-likeness (QED) is 0.673. The van der Waals surface area contributed by atoms with E-state index in [1.807, 2.05) is 7.05 Å². The lowest BCUT2D eigenvalue weighted by Gasteiger charge is -2.41. The third-order valence-electron chi connectivity index (χ3n) is 3.41. The van der Waals surface area contributed by atoms with E-state index in [4.69, 9.17) is 5.73 Å². The molecular weight excluding hydrogens is 164 g/mol. The maximum Gasteiger partial charge on any atom is 0.237 e. The largest absolute Gasteiger partial charge is 0.368 e. The van der Waals surface area contributed by atoms with Gasteiger partial charge in [-0.15, -0.1) is 0 Å². The molecule has 0 radical (unpaired) electrons. The molecule has 76 valence electrons. The summed E-state index contributed by atoms with van der Waals surface area (Å²) in [5.41, 5.74) is 5.34. The number of rotatable bonds is 2. The van der Waals surface area contributed by atoms with E-state index >= 15 is 0 Å². The molecule has 3 heteroatoms. The van der Waals surface area contributed by atoms with Gasteiger partial charge in [-0.05, 0) is 38.1 Å². The van der Waals surface area contributed by atoms with Gasteiger partial charge < -0.3 is 11.1 Å². The minimum Gasteiger partial charge on any atom is -0.368 e. The third kappa shape index (κ3) is 2.02. The Morgan fingerprint density at radius 1 is 1.23 bits per heavy atom. The van der Waals surface area contributed by atoms with Crippen LogP contribution < -0.4 is 11.1 Å². The summed E-state index contributed by atoms with van der Waals surface area (Å²) < 4.78 is 0. The summed E-state index contributed by atoms with van der Waals surface area (Å²) in [7, 11) is 1.82. The predicted molar refractivity (Wildman–Crippen MR) is 53.2 cm³/mol. The Labute approximate surface area is 80.1 Å². The summed E-state index contributed by atoms with van der Waals surface area (Å²) in [5.74, 6) is -0.203. The smallest absolute Gasteiger partial charge is 0.237 e. The molecule has 0 aliphatic heterocycles. The van der Waals surface area contributed by atoms with Gasteiger partial charge in [0.25, 0.3) is 0 Å². The van der Waals surface area contributed by atoms with Gasteiger partial charge in [0.05, 0.1) is 5.54 Å². The van der Waals surface area contributed by atoms with Crippen molar-refractivity contribution in [3.63, 3.8) is 0 Å². The van der Waals surface area contributed by atoms with Crippen LogP contribution in [0.2, 0.25) is 0 Å². The van der Waals surface area contributed by atoms with Gasteiger partial charge in [0.2, 0.25) is 5.91 Å². The number of carbonyl (C=O) groups is 1. The van der Waals surface area contributed by atoms with E-state index in [0.717, 1.165) is 25.7 Å². The highest BCUT2D eigenvalue weighted by Gasteiger charge is 2.41. The molecule has 0 spiro atoms. The average Bonchev–Trinajstić information content (AvgIpc) is 2.05. The normalized spacial score (nSPS) is 25.5. The lowest BCUT2D eigenvalue weighted by molar-refractivity contribution is -0.126. The molecule has 13 heavy (non-hydrogen) atoms. The molecule has 1 amide bonds. The second-order valence-electron chi connectivity index (χ2n) is 4.86. The summed E-state index contributed by atoms with van der Waals surface area (Å²) >= 11 is 0. The molecule has 0 aromatic heterocycles. The van der Waals surface area contributed by atoms with Gasteiger partial charge in [-0.2, -0.15) is 0 Å². The van der Waals surface area contributed by atoms with Crippen molar-refractivity contribution in [1.82, 2.24) is 5.32 Å². The molecule has 0 bridgehead atoms. The molecule has 0 aromatic rings. The molecule has 0 atom stereocenters. The maximum absolute atomic E-state index is 11.3. The van der Waals surface area contributed by atoms with Crippen molar-refractivity contribution in [2.45, 2.75) is 45.1 Å². The Morgan fingerprint density at radius 3 is 2.00 bits per heavy atom. The lowest BCUT2D eigenvalue weighted by atomic mass is 9.69. The number of hydrogen-bond donors (Lipinski definition) is 2. The van der Waals surface area contributed by atoms with Crippen LogP contribution in [0.4, 0.5) is 0 Å². The van der Waals surface area contributed by atoms with Crippen LogP contribution in [-0.2, 0) is 4.79 Å². The number of nitrogens with one attached hydrogen (secondary N) is 1. The second-order valence-corrected chi connectivity index (χ2v) is 4.86. The third-order valence-corrected chi connectivity index (χ3v) is 3.41.